The van der Waals surface area contributed by atoms with Crippen molar-refractivity contribution in [3.05, 3.63) is 60.0 Å². The number of benzene rings is 1. The zero-order valence-electron chi connectivity index (χ0n) is 19.7. The van der Waals surface area contributed by atoms with Crippen LogP contribution < -0.4 is 15.1 Å². The van der Waals surface area contributed by atoms with Crippen LogP contribution in [0.2, 0.25) is 5.28 Å². The number of imide groups is 1. The zero-order valence-corrected chi connectivity index (χ0v) is 21.3. The first-order valence-electron chi connectivity index (χ1n) is 10.8. The van der Waals surface area contributed by atoms with E-state index in [2.05, 4.69) is 25.6 Å². The van der Waals surface area contributed by atoms with Crippen molar-refractivity contribution in [3.8, 4) is 0 Å². The summed E-state index contributed by atoms with van der Waals surface area (Å²) in [4.78, 5) is 48.2. The number of carbonyl (C=O) groups excluding carboxylic acids is 3. The van der Waals surface area contributed by atoms with Gasteiger partial charge in [-0.1, -0.05) is 6.08 Å². The number of sulfonamides is 1. The quantitative estimate of drug-likeness (QED) is 0.402. The molecule has 2 aliphatic rings. The number of amides is 3. The van der Waals surface area contributed by atoms with E-state index in [-0.39, 0.29) is 22.1 Å². The van der Waals surface area contributed by atoms with E-state index in [4.69, 9.17) is 16.3 Å². The van der Waals surface area contributed by atoms with Gasteiger partial charge in [0.25, 0.3) is 0 Å². The molecule has 3 amide bonds. The minimum atomic E-state index is -4.08. The second-order valence-electron chi connectivity index (χ2n) is 8.38. The Morgan fingerprint density at radius 2 is 1.78 bits per heavy atom. The van der Waals surface area contributed by atoms with Gasteiger partial charge in [0.15, 0.2) is 0 Å². The molecule has 2 aromatic rings. The molecular weight excluding hydrogens is 526 g/mol. The van der Waals surface area contributed by atoms with Crippen LogP contribution in [0.3, 0.4) is 0 Å². The molecule has 1 aromatic carbocycles. The number of quaternary nitrogens is 1. The molecule has 4 rings (SSSR count). The zero-order chi connectivity index (χ0) is 26.8. The highest BCUT2D eigenvalue weighted by Gasteiger charge is 2.37. The van der Waals surface area contributed by atoms with Crippen molar-refractivity contribution in [1.29, 1.82) is 0 Å². The van der Waals surface area contributed by atoms with Gasteiger partial charge in [0, 0.05) is 5.69 Å². The van der Waals surface area contributed by atoms with E-state index in [1.807, 2.05) is 6.42 Å². The van der Waals surface area contributed by atoms with Gasteiger partial charge >= 0.3 is 12.0 Å². The minimum Gasteiger partial charge on any atom is -0.381 e. The SMILES string of the molecule is C[N+](C)(C(=O)OC1=CC[CH]C=C1)c1nc(Cl)nc(Nc2ccc(S(=O)(=O)N3CC(=O)NC(=O)C3)cc2)n1. The Morgan fingerprint density at radius 3 is 2.41 bits per heavy atom. The van der Waals surface area contributed by atoms with Crippen molar-refractivity contribution in [2.45, 2.75) is 11.3 Å². The lowest BCUT2D eigenvalue weighted by Gasteiger charge is -2.24. The number of halogens is 1. The molecule has 0 saturated carbocycles. The average molecular weight is 548 g/mol. The van der Waals surface area contributed by atoms with E-state index in [9.17, 15) is 22.8 Å². The van der Waals surface area contributed by atoms with Gasteiger partial charge in [0.2, 0.25) is 33.1 Å². The third-order valence-electron chi connectivity index (χ3n) is 5.28. The van der Waals surface area contributed by atoms with Crippen LogP contribution in [0.5, 0.6) is 0 Å². The topological polar surface area (TPSA) is 161 Å². The van der Waals surface area contributed by atoms with Crippen LogP contribution in [0.4, 0.5) is 22.4 Å². The molecule has 15 heteroatoms. The predicted molar refractivity (Wildman–Crippen MR) is 133 cm³/mol. The van der Waals surface area contributed by atoms with Crippen LogP contribution in [0.1, 0.15) is 6.42 Å². The number of piperazine rings is 1. The van der Waals surface area contributed by atoms with Crippen LogP contribution in [-0.4, -0.2) is 72.8 Å². The van der Waals surface area contributed by atoms with Gasteiger partial charge in [0.05, 0.1) is 32.1 Å². The second-order valence-corrected chi connectivity index (χ2v) is 10.7. The Hall–Kier alpha value is -3.72. The largest absolute Gasteiger partial charge is 0.528 e. The summed E-state index contributed by atoms with van der Waals surface area (Å²) in [5.74, 6) is -0.977. The normalized spacial score (nSPS) is 16.7. The van der Waals surface area contributed by atoms with E-state index >= 15 is 0 Å². The van der Waals surface area contributed by atoms with Crippen LogP contribution in [0.25, 0.3) is 0 Å². The summed E-state index contributed by atoms with van der Waals surface area (Å²) in [6, 6.07) is 5.50. The van der Waals surface area contributed by atoms with Crippen molar-refractivity contribution in [1.82, 2.24) is 29.1 Å². The van der Waals surface area contributed by atoms with Crippen LogP contribution in [0.15, 0.2) is 53.1 Å². The van der Waals surface area contributed by atoms with Crippen molar-refractivity contribution < 1.29 is 27.5 Å². The van der Waals surface area contributed by atoms with E-state index in [0.717, 1.165) is 4.31 Å². The summed E-state index contributed by atoms with van der Waals surface area (Å²) >= 11 is 6.08. The minimum absolute atomic E-state index is 0.00620. The highest BCUT2D eigenvalue weighted by Crippen LogP contribution is 2.24. The smallest absolute Gasteiger partial charge is 0.381 e. The average Bonchev–Trinajstić information content (AvgIpc) is 2.84. The molecule has 37 heavy (non-hydrogen) atoms. The Kier molecular flexibility index (Phi) is 7.36. The van der Waals surface area contributed by atoms with E-state index < -0.39 is 45.5 Å². The monoisotopic (exact) mass is 547 g/mol. The Balaban J connectivity index is 1.51. The van der Waals surface area contributed by atoms with Crippen LogP contribution in [-0.2, 0) is 24.3 Å². The molecule has 1 aliphatic carbocycles. The third kappa shape index (κ3) is 5.99. The molecular formula is C22H22ClN7O6S+. The van der Waals surface area contributed by atoms with Crippen LogP contribution in [0, 0.1) is 6.42 Å². The summed E-state index contributed by atoms with van der Waals surface area (Å²) in [6.45, 7) is -0.911. The Bertz CT molecular complexity index is 1410. The summed E-state index contributed by atoms with van der Waals surface area (Å²) in [5.41, 5.74) is 0.404. The summed E-state index contributed by atoms with van der Waals surface area (Å²) in [6.07, 6.45) is 7.11. The molecule has 2 heterocycles. The molecule has 0 atom stereocenters. The molecule has 193 valence electrons. The number of anilines is 2. The summed E-state index contributed by atoms with van der Waals surface area (Å²) < 4.78 is 31.4. The number of nitrogens with one attached hydrogen (secondary N) is 2. The molecule has 0 unspecified atom stereocenters. The van der Waals surface area contributed by atoms with Gasteiger partial charge in [-0.05, 0) is 60.9 Å². The molecule has 1 aromatic heterocycles. The lowest BCUT2D eigenvalue weighted by Crippen LogP contribution is -2.53. The lowest BCUT2D eigenvalue weighted by atomic mass is 10.2. The first kappa shape index (κ1) is 26.3. The van der Waals surface area contributed by atoms with Gasteiger partial charge in [-0.2, -0.15) is 18.6 Å². The van der Waals surface area contributed by atoms with Crippen molar-refractivity contribution in [3.63, 3.8) is 0 Å². The number of allylic oxidation sites excluding steroid dienone is 3. The number of hydrogen-bond acceptors (Lipinski definition) is 10. The summed E-state index contributed by atoms with van der Waals surface area (Å²) in [5, 5.41) is 4.77. The van der Waals surface area contributed by atoms with Crippen molar-refractivity contribution >= 4 is 57.1 Å². The molecule has 1 saturated heterocycles. The number of aromatic nitrogens is 3. The Morgan fingerprint density at radius 1 is 1.11 bits per heavy atom. The lowest BCUT2D eigenvalue weighted by molar-refractivity contribution is -0.134. The highest BCUT2D eigenvalue weighted by molar-refractivity contribution is 7.89. The molecule has 0 bridgehead atoms. The number of nitrogens with zero attached hydrogens (tertiary/aromatic N) is 5. The van der Waals surface area contributed by atoms with Gasteiger partial charge in [0.1, 0.15) is 5.76 Å². The van der Waals surface area contributed by atoms with E-state index in [1.165, 1.54) is 38.4 Å². The van der Waals surface area contributed by atoms with Gasteiger partial charge in [-0.15, -0.1) is 9.97 Å². The van der Waals surface area contributed by atoms with E-state index in [0.29, 0.717) is 17.9 Å². The highest BCUT2D eigenvalue weighted by atomic mass is 35.5. The molecule has 1 radical (unpaired) electrons. The standard InChI is InChI=1S/C22H21ClN7O6S/c1-30(2,22(33)36-15-6-4-3-5-7-15)21-27-19(23)26-20(28-21)24-14-8-10-16(11-9-14)37(34,35)29-12-17(31)25-18(32)13-29/h3-4,6-11H,5,12-13H2,1-2H3,(H-,24,25,26,27,28,31,32)/p+1. The third-order valence-corrected chi connectivity index (χ3v) is 7.25. The molecule has 2 N–H and O–H groups in total. The summed E-state index contributed by atoms with van der Waals surface area (Å²) in [7, 11) is -1.02. The first-order chi connectivity index (χ1) is 17.4. The van der Waals surface area contributed by atoms with E-state index in [1.54, 1.807) is 18.2 Å². The van der Waals surface area contributed by atoms with Crippen molar-refractivity contribution in [2.75, 3.05) is 32.5 Å². The maximum atomic E-state index is 12.8. The van der Waals surface area contributed by atoms with Gasteiger partial charge in [-0.25, -0.2) is 8.42 Å². The maximum absolute atomic E-state index is 12.8. The molecule has 1 fully saturated rings. The number of hydrogen-bond donors (Lipinski definition) is 2. The molecule has 1 aliphatic heterocycles. The van der Waals surface area contributed by atoms with Crippen molar-refractivity contribution in [2.24, 2.45) is 0 Å². The van der Waals surface area contributed by atoms with Gasteiger partial charge in [-0.3, -0.25) is 14.9 Å². The molecule has 13 nitrogen and oxygen atoms in total. The fourth-order valence-corrected chi connectivity index (χ4v) is 4.79. The fourth-order valence-electron chi connectivity index (χ4n) is 3.28. The second kappa shape index (κ2) is 10.3. The van der Waals surface area contributed by atoms with Crippen LogP contribution >= 0.6 is 11.6 Å². The number of rotatable bonds is 6. The van der Waals surface area contributed by atoms with Gasteiger partial charge < -0.3 is 10.1 Å². The first-order valence-corrected chi connectivity index (χ1v) is 12.7. The predicted octanol–water partition coefficient (Wildman–Crippen LogP) is 1.67. The molecule has 0 spiro atoms. The number of ether oxygens (including phenoxy) is 1. The fraction of sp³-hybridized carbons (Fsp3) is 0.227. The Labute approximate surface area is 217 Å². The maximum Gasteiger partial charge on any atom is 0.528 e. The number of carbonyl (C=O) groups is 3.